The van der Waals surface area contributed by atoms with E-state index in [-0.39, 0.29) is 11.4 Å². The van der Waals surface area contributed by atoms with Gasteiger partial charge in [-0.25, -0.2) is 0 Å². The molecule has 172 valence electrons. The molecule has 0 aromatic heterocycles. The number of carbonyl (C=O) groups is 1. The third-order valence-electron chi connectivity index (χ3n) is 7.30. The second-order valence-electron chi connectivity index (χ2n) is 9.32. The first-order valence-corrected chi connectivity index (χ1v) is 11.7. The van der Waals surface area contributed by atoms with Crippen LogP contribution in [0.4, 0.5) is 0 Å². The zero-order valence-corrected chi connectivity index (χ0v) is 19.9. The Bertz CT molecular complexity index is 1040. The van der Waals surface area contributed by atoms with E-state index in [0.29, 0.717) is 12.2 Å². The molecule has 4 heteroatoms. The standard InChI is InChI=1S/C29H34N2O2/c1-31(2)29(26-12-8-5-9-13-26)20-18-28(19-21-29,25-10-6-4-7-11-25)30-27(32)24-16-14-23(15-17-24)22-33-3/h4-17H,18-22H2,1-3H3,(H,30,32). The van der Waals surface area contributed by atoms with Gasteiger partial charge in [0.2, 0.25) is 0 Å². The highest BCUT2D eigenvalue weighted by atomic mass is 16.5. The van der Waals surface area contributed by atoms with Gasteiger partial charge in [-0.1, -0.05) is 72.8 Å². The number of rotatable bonds is 7. The van der Waals surface area contributed by atoms with Crippen LogP contribution in [0.3, 0.4) is 0 Å². The van der Waals surface area contributed by atoms with Crippen LogP contribution in [0.2, 0.25) is 0 Å². The molecule has 0 spiro atoms. The van der Waals surface area contributed by atoms with E-state index < -0.39 is 5.54 Å². The summed E-state index contributed by atoms with van der Waals surface area (Å²) in [6.07, 6.45) is 3.67. The van der Waals surface area contributed by atoms with Crippen LogP contribution in [0.15, 0.2) is 84.9 Å². The SMILES string of the molecule is COCc1ccc(C(=O)NC2(c3ccccc3)CCC(c3ccccc3)(N(C)C)CC2)cc1. The van der Waals surface area contributed by atoms with Gasteiger partial charge >= 0.3 is 0 Å². The lowest BCUT2D eigenvalue weighted by molar-refractivity contribution is 0.0484. The molecule has 1 amide bonds. The Hall–Kier alpha value is -2.95. The number of hydrogen-bond acceptors (Lipinski definition) is 3. The lowest BCUT2D eigenvalue weighted by atomic mass is 9.66. The van der Waals surface area contributed by atoms with Crippen LogP contribution >= 0.6 is 0 Å². The second kappa shape index (κ2) is 9.90. The van der Waals surface area contributed by atoms with Crippen molar-refractivity contribution < 1.29 is 9.53 Å². The number of ether oxygens (including phenoxy) is 1. The summed E-state index contributed by atoms with van der Waals surface area (Å²) in [5.74, 6) is -0.0279. The molecule has 0 heterocycles. The Morgan fingerprint density at radius 3 is 1.88 bits per heavy atom. The van der Waals surface area contributed by atoms with Crippen molar-refractivity contribution in [3.05, 3.63) is 107 Å². The lowest BCUT2D eigenvalue weighted by Crippen LogP contribution is -2.54. The molecular weight excluding hydrogens is 408 g/mol. The fraction of sp³-hybridized carbons (Fsp3) is 0.345. The van der Waals surface area contributed by atoms with E-state index in [1.165, 1.54) is 11.1 Å². The quantitative estimate of drug-likeness (QED) is 0.526. The summed E-state index contributed by atoms with van der Waals surface area (Å²) in [4.78, 5) is 15.7. The van der Waals surface area contributed by atoms with Crippen molar-refractivity contribution in [2.45, 2.75) is 43.4 Å². The molecule has 0 radical (unpaired) electrons. The van der Waals surface area contributed by atoms with Crippen LogP contribution < -0.4 is 5.32 Å². The predicted molar refractivity (Wildman–Crippen MR) is 133 cm³/mol. The molecule has 1 saturated carbocycles. The van der Waals surface area contributed by atoms with E-state index in [4.69, 9.17) is 4.74 Å². The molecule has 0 saturated heterocycles. The van der Waals surface area contributed by atoms with Gasteiger partial charge in [0.1, 0.15) is 0 Å². The number of amides is 1. The number of nitrogens with zero attached hydrogens (tertiary/aromatic N) is 1. The van der Waals surface area contributed by atoms with Gasteiger partial charge in [-0.15, -0.1) is 0 Å². The minimum Gasteiger partial charge on any atom is -0.380 e. The second-order valence-corrected chi connectivity index (χ2v) is 9.32. The summed E-state index contributed by atoms with van der Waals surface area (Å²) in [6, 6.07) is 28.9. The summed E-state index contributed by atoms with van der Waals surface area (Å²) in [7, 11) is 6.02. The molecule has 1 fully saturated rings. The maximum atomic E-state index is 13.4. The van der Waals surface area contributed by atoms with Crippen LogP contribution in [0, 0.1) is 0 Å². The Kier molecular flexibility index (Phi) is 6.96. The third-order valence-corrected chi connectivity index (χ3v) is 7.30. The van der Waals surface area contributed by atoms with E-state index in [0.717, 1.165) is 31.2 Å². The summed E-state index contributed by atoms with van der Waals surface area (Å²) < 4.78 is 5.19. The largest absolute Gasteiger partial charge is 0.380 e. The van der Waals surface area contributed by atoms with Crippen molar-refractivity contribution >= 4 is 5.91 Å². The normalized spacial score (nSPS) is 22.8. The van der Waals surface area contributed by atoms with Crippen molar-refractivity contribution in [1.29, 1.82) is 0 Å². The van der Waals surface area contributed by atoms with Gasteiger partial charge in [0.15, 0.2) is 0 Å². The average molecular weight is 443 g/mol. The number of methoxy groups -OCH3 is 1. The first-order valence-electron chi connectivity index (χ1n) is 11.7. The highest BCUT2D eigenvalue weighted by Crippen LogP contribution is 2.48. The van der Waals surface area contributed by atoms with Crippen LogP contribution in [0.5, 0.6) is 0 Å². The van der Waals surface area contributed by atoms with Crippen molar-refractivity contribution in [3.8, 4) is 0 Å². The smallest absolute Gasteiger partial charge is 0.251 e. The van der Waals surface area contributed by atoms with Crippen LogP contribution in [0.1, 0.15) is 52.7 Å². The average Bonchev–Trinajstić information content (AvgIpc) is 2.86. The van der Waals surface area contributed by atoms with Crippen molar-refractivity contribution in [2.75, 3.05) is 21.2 Å². The molecular formula is C29H34N2O2. The topological polar surface area (TPSA) is 41.6 Å². The van der Waals surface area contributed by atoms with Gasteiger partial charge in [-0.2, -0.15) is 0 Å². The molecule has 3 aromatic rings. The van der Waals surface area contributed by atoms with E-state index in [9.17, 15) is 4.79 Å². The van der Waals surface area contributed by atoms with Crippen molar-refractivity contribution in [3.63, 3.8) is 0 Å². The minimum absolute atomic E-state index is 0.0279. The maximum Gasteiger partial charge on any atom is 0.251 e. The number of nitrogens with one attached hydrogen (secondary N) is 1. The van der Waals surface area contributed by atoms with Crippen LogP contribution in [-0.2, 0) is 22.4 Å². The van der Waals surface area contributed by atoms with Gasteiger partial charge in [0.05, 0.1) is 12.1 Å². The van der Waals surface area contributed by atoms with Gasteiger partial charge in [0.25, 0.3) is 5.91 Å². The predicted octanol–water partition coefficient (Wildman–Crippen LogP) is 5.49. The maximum absolute atomic E-state index is 13.4. The fourth-order valence-electron chi connectivity index (χ4n) is 5.28. The molecule has 4 nitrogen and oxygen atoms in total. The monoisotopic (exact) mass is 442 g/mol. The van der Waals surface area contributed by atoms with E-state index >= 15 is 0 Å². The third kappa shape index (κ3) is 4.73. The Morgan fingerprint density at radius 1 is 0.818 bits per heavy atom. The van der Waals surface area contributed by atoms with Crippen molar-refractivity contribution in [2.24, 2.45) is 0 Å². The Labute approximate surface area is 197 Å². The molecule has 0 aliphatic heterocycles. The van der Waals surface area contributed by atoms with Gasteiger partial charge in [-0.05, 0) is 68.6 Å². The van der Waals surface area contributed by atoms with Crippen LogP contribution in [-0.4, -0.2) is 32.0 Å². The summed E-state index contributed by atoms with van der Waals surface area (Å²) in [5, 5.41) is 3.46. The minimum atomic E-state index is -0.391. The molecule has 1 aliphatic rings. The molecule has 3 aromatic carbocycles. The molecule has 4 rings (SSSR count). The van der Waals surface area contributed by atoms with E-state index in [1.807, 2.05) is 30.3 Å². The molecule has 1 N–H and O–H groups in total. The number of hydrogen-bond donors (Lipinski definition) is 1. The molecule has 33 heavy (non-hydrogen) atoms. The van der Waals surface area contributed by atoms with Gasteiger partial charge in [-0.3, -0.25) is 9.69 Å². The zero-order chi connectivity index (χ0) is 23.3. The summed E-state index contributed by atoms with van der Waals surface area (Å²) in [5.41, 5.74) is 3.83. The molecule has 0 bridgehead atoms. The first kappa shape index (κ1) is 23.2. The summed E-state index contributed by atoms with van der Waals surface area (Å²) in [6.45, 7) is 0.544. The summed E-state index contributed by atoms with van der Waals surface area (Å²) >= 11 is 0. The lowest BCUT2D eigenvalue weighted by Gasteiger charge is -2.50. The van der Waals surface area contributed by atoms with Gasteiger partial charge < -0.3 is 10.1 Å². The van der Waals surface area contributed by atoms with Crippen LogP contribution in [0.25, 0.3) is 0 Å². The Morgan fingerprint density at radius 2 is 1.36 bits per heavy atom. The fourth-order valence-corrected chi connectivity index (χ4v) is 5.28. The van der Waals surface area contributed by atoms with Gasteiger partial charge in [0, 0.05) is 18.2 Å². The molecule has 0 unspecified atom stereocenters. The number of benzene rings is 3. The molecule has 1 aliphatic carbocycles. The Balaban J connectivity index is 1.62. The highest BCUT2D eigenvalue weighted by Gasteiger charge is 2.46. The molecule has 0 atom stereocenters. The zero-order valence-electron chi connectivity index (χ0n) is 19.9. The highest BCUT2D eigenvalue weighted by molar-refractivity contribution is 5.94. The number of carbonyl (C=O) groups excluding carboxylic acids is 1. The van der Waals surface area contributed by atoms with E-state index in [2.05, 4.69) is 78.9 Å². The van der Waals surface area contributed by atoms with Crippen molar-refractivity contribution in [1.82, 2.24) is 10.2 Å². The van der Waals surface area contributed by atoms with E-state index in [1.54, 1.807) is 7.11 Å². The first-order chi connectivity index (χ1) is 16.0.